The number of cyclic esters (lactones) is 1. The molecule has 0 bridgehead atoms. The van der Waals surface area contributed by atoms with E-state index in [-0.39, 0.29) is 24.3 Å². The quantitative estimate of drug-likeness (QED) is 0.838. The minimum atomic E-state index is -0.587. The molecule has 1 aromatic rings. The molecule has 3 amide bonds. The van der Waals surface area contributed by atoms with Gasteiger partial charge in [-0.15, -0.1) is 0 Å². The van der Waals surface area contributed by atoms with Crippen molar-refractivity contribution in [1.29, 1.82) is 0 Å². The fraction of sp³-hybridized carbons (Fsp3) is 0.400. The predicted molar refractivity (Wildman–Crippen MR) is 78.3 cm³/mol. The Morgan fingerprint density at radius 1 is 1.23 bits per heavy atom. The summed E-state index contributed by atoms with van der Waals surface area (Å²) in [5.74, 6) is -0.145. The summed E-state index contributed by atoms with van der Waals surface area (Å²) < 4.78 is 4.66. The maximum absolute atomic E-state index is 12.1. The van der Waals surface area contributed by atoms with Crippen LogP contribution < -0.4 is 0 Å². The number of imide groups is 1. The number of hydrogen-bond acceptors (Lipinski definition) is 4. The highest BCUT2D eigenvalue weighted by Gasteiger charge is 2.38. The molecule has 0 atom stereocenters. The monoisotopic (exact) mass is 322 g/mol. The molecule has 6 nitrogen and oxygen atoms in total. The number of benzene rings is 1. The summed E-state index contributed by atoms with van der Waals surface area (Å²) in [5, 5.41) is 0.641. The smallest absolute Gasteiger partial charge is 0.417 e. The summed E-state index contributed by atoms with van der Waals surface area (Å²) in [6, 6.07) is 7.17. The second-order valence-corrected chi connectivity index (χ2v) is 5.96. The minimum Gasteiger partial charge on any atom is -0.439 e. The third-order valence-electron chi connectivity index (χ3n) is 3.86. The van der Waals surface area contributed by atoms with E-state index >= 15 is 0 Å². The molecule has 7 heteroatoms. The molecule has 2 heterocycles. The third-order valence-corrected chi connectivity index (χ3v) is 4.11. The summed E-state index contributed by atoms with van der Waals surface area (Å²) in [4.78, 5) is 37.7. The van der Waals surface area contributed by atoms with Gasteiger partial charge in [-0.3, -0.25) is 9.59 Å². The minimum absolute atomic E-state index is 0.0360. The molecular weight excluding hydrogens is 308 g/mol. The molecule has 0 aromatic heterocycles. The van der Waals surface area contributed by atoms with Crippen LogP contribution in [0.3, 0.4) is 0 Å². The molecule has 0 saturated carbocycles. The molecule has 2 saturated heterocycles. The van der Waals surface area contributed by atoms with Crippen LogP contribution in [0.2, 0.25) is 5.02 Å². The third kappa shape index (κ3) is 3.06. The number of halogens is 1. The van der Waals surface area contributed by atoms with Gasteiger partial charge in [0.2, 0.25) is 5.91 Å². The molecule has 0 unspecified atom stereocenters. The lowest BCUT2D eigenvalue weighted by Gasteiger charge is -2.40. The zero-order chi connectivity index (χ0) is 15.7. The van der Waals surface area contributed by atoms with Crippen molar-refractivity contribution >= 4 is 29.5 Å². The second-order valence-electron chi connectivity index (χ2n) is 5.53. The Bertz CT molecular complexity index is 594. The Labute approximate surface area is 132 Å². The van der Waals surface area contributed by atoms with Crippen LogP contribution in [0.15, 0.2) is 24.3 Å². The highest BCUT2D eigenvalue weighted by atomic mass is 35.5. The predicted octanol–water partition coefficient (Wildman–Crippen LogP) is 1.32. The Morgan fingerprint density at radius 2 is 1.91 bits per heavy atom. The van der Waals surface area contributed by atoms with Gasteiger partial charge in [-0.2, -0.15) is 0 Å². The maximum Gasteiger partial charge on any atom is 0.417 e. The lowest BCUT2D eigenvalue weighted by molar-refractivity contribution is -0.137. The Morgan fingerprint density at radius 3 is 2.50 bits per heavy atom. The van der Waals surface area contributed by atoms with Gasteiger partial charge in [-0.1, -0.05) is 23.7 Å². The zero-order valence-corrected chi connectivity index (χ0v) is 12.6. The van der Waals surface area contributed by atoms with Crippen LogP contribution in [0.4, 0.5) is 4.79 Å². The fourth-order valence-corrected chi connectivity index (χ4v) is 2.72. The summed E-state index contributed by atoms with van der Waals surface area (Å²) in [6.07, 6.45) is -0.259. The van der Waals surface area contributed by atoms with Crippen molar-refractivity contribution < 1.29 is 19.1 Å². The number of carbonyl (C=O) groups excluding carboxylic acids is 3. The Balaban J connectivity index is 1.46. The Hall–Kier alpha value is -2.08. The van der Waals surface area contributed by atoms with Crippen molar-refractivity contribution in [2.75, 3.05) is 26.2 Å². The van der Waals surface area contributed by atoms with Crippen LogP contribution in [0.5, 0.6) is 0 Å². The molecule has 2 aliphatic heterocycles. The van der Waals surface area contributed by atoms with Crippen LogP contribution >= 0.6 is 11.6 Å². The molecule has 0 aliphatic carbocycles. The van der Waals surface area contributed by atoms with Gasteiger partial charge in [-0.25, -0.2) is 9.69 Å². The van der Waals surface area contributed by atoms with Gasteiger partial charge in [0.25, 0.3) is 5.91 Å². The van der Waals surface area contributed by atoms with Crippen LogP contribution in [0, 0.1) is 5.92 Å². The van der Waals surface area contributed by atoms with Crippen molar-refractivity contribution in [3.8, 4) is 0 Å². The summed E-state index contributed by atoms with van der Waals surface area (Å²) in [7, 11) is 0. The molecule has 2 aliphatic rings. The number of nitrogens with zero attached hydrogens (tertiary/aromatic N) is 2. The normalized spacial score (nSPS) is 18.4. The second kappa shape index (κ2) is 5.96. The fourth-order valence-electron chi connectivity index (χ4n) is 2.59. The summed E-state index contributed by atoms with van der Waals surface area (Å²) in [6.45, 7) is 1.26. The first kappa shape index (κ1) is 14.8. The van der Waals surface area contributed by atoms with E-state index < -0.39 is 6.09 Å². The van der Waals surface area contributed by atoms with Gasteiger partial charge < -0.3 is 9.64 Å². The SMILES string of the molecule is O=C(Cc1ccc(Cl)cc1)N1CC(CN2C(=O)COC2=O)C1. The lowest BCUT2D eigenvalue weighted by Crippen LogP contribution is -2.54. The highest BCUT2D eigenvalue weighted by molar-refractivity contribution is 6.30. The first-order valence-electron chi connectivity index (χ1n) is 7.02. The van der Waals surface area contributed by atoms with Crippen molar-refractivity contribution in [1.82, 2.24) is 9.80 Å². The lowest BCUT2D eigenvalue weighted by atomic mass is 9.98. The molecule has 116 valence electrons. The van der Waals surface area contributed by atoms with Gasteiger partial charge in [0.1, 0.15) is 0 Å². The van der Waals surface area contributed by atoms with Crippen LogP contribution in [-0.4, -0.2) is 53.9 Å². The molecule has 0 N–H and O–H groups in total. The van der Waals surface area contributed by atoms with E-state index in [1.807, 2.05) is 12.1 Å². The first-order chi connectivity index (χ1) is 10.5. The van der Waals surface area contributed by atoms with Crippen molar-refractivity contribution in [2.45, 2.75) is 6.42 Å². The van der Waals surface area contributed by atoms with E-state index in [2.05, 4.69) is 4.74 Å². The van der Waals surface area contributed by atoms with E-state index in [1.165, 1.54) is 0 Å². The average molecular weight is 323 g/mol. The van der Waals surface area contributed by atoms with Gasteiger partial charge in [0, 0.05) is 30.6 Å². The van der Waals surface area contributed by atoms with Gasteiger partial charge in [-0.05, 0) is 17.7 Å². The van der Waals surface area contributed by atoms with Crippen molar-refractivity contribution in [2.24, 2.45) is 5.92 Å². The molecule has 3 rings (SSSR count). The summed E-state index contributed by atoms with van der Waals surface area (Å²) in [5.41, 5.74) is 0.913. The maximum atomic E-state index is 12.1. The van der Waals surface area contributed by atoms with Crippen LogP contribution in [0.1, 0.15) is 5.56 Å². The largest absolute Gasteiger partial charge is 0.439 e. The molecular formula is C15H15ClN2O4. The van der Waals surface area contributed by atoms with Crippen molar-refractivity contribution in [3.05, 3.63) is 34.9 Å². The van der Waals surface area contributed by atoms with Gasteiger partial charge in [0.15, 0.2) is 6.61 Å². The average Bonchev–Trinajstić information content (AvgIpc) is 2.75. The zero-order valence-electron chi connectivity index (χ0n) is 11.8. The standard InChI is InChI=1S/C15H15ClN2O4/c16-12-3-1-10(2-4-12)5-13(19)17-6-11(7-17)8-18-14(20)9-22-15(18)21/h1-4,11H,5-9H2. The van der Waals surface area contributed by atoms with Gasteiger partial charge in [0.05, 0.1) is 6.42 Å². The topological polar surface area (TPSA) is 66.9 Å². The number of likely N-dealkylation sites (tertiary alicyclic amines) is 1. The van der Waals surface area contributed by atoms with E-state index in [9.17, 15) is 14.4 Å². The molecule has 2 fully saturated rings. The molecule has 0 spiro atoms. The van der Waals surface area contributed by atoms with Crippen molar-refractivity contribution in [3.63, 3.8) is 0 Å². The Kier molecular flexibility index (Phi) is 4.02. The molecule has 0 radical (unpaired) electrons. The van der Waals surface area contributed by atoms with Crippen LogP contribution in [0.25, 0.3) is 0 Å². The molecule has 1 aromatic carbocycles. The van der Waals surface area contributed by atoms with Gasteiger partial charge >= 0.3 is 6.09 Å². The first-order valence-corrected chi connectivity index (χ1v) is 7.40. The van der Waals surface area contributed by atoms with Crippen LogP contribution in [-0.2, 0) is 20.7 Å². The van der Waals surface area contributed by atoms with E-state index in [4.69, 9.17) is 11.6 Å². The number of rotatable bonds is 4. The van der Waals surface area contributed by atoms with E-state index in [0.717, 1.165) is 10.5 Å². The van der Waals surface area contributed by atoms with E-state index in [0.29, 0.717) is 31.1 Å². The number of amides is 3. The number of carbonyl (C=O) groups is 3. The number of ether oxygens (including phenoxy) is 1. The van der Waals surface area contributed by atoms with E-state index in [1.54, 1.807) is 17.0 Å². The highest BCUT2D eigenvalue weighted by Crippen LogP contribution is 2.20. The number of hydrogen-bond donors (Lipinski definition) is 0. The summed E-state index contributed by atoms with van der Waals surface area (Å²) >= 11 is 5.81. The molecule has 22 heavy (non-hydrogen) atoms.